The monoisotopic (exact) mass is 679 g/mol. The number of halogens is 6. The highest BCUT2D eigenvalue weighted by atomic mass is 19.4. The summed E-state index contributed by atoms with van der Waals surface area (Å²) in [4.78, 5) is 47.6. The summed E-state index contributed by atoms with van der Waals surface area (Å²) in [5.41, 5.74) is 7.40. The Bertz CT molecular complexity index is 1370. The van der Waals surface area contributed by atoms with Crippen LogP contribution in [0.5, 0.6) is 11.5 Å². The van der Waals surface area contributed by atoms with Crippen molar-refractivity contribution in [2.75, 3.05) is 6.54 Å². The van der Waals surface area contributed by atoms with Gasteiger partial charge in [0.2, 0.25) is 11.8 Å². The van der Waals surface area contributed by atoms with E-state index in [0.29, 0.717) is 30.7 Å². The van der Waals surface area contributed by atoms with Crippen LogP contribution in [-0.2, 0) is 32.1 Å². The maximum Gasteiger partial charge on any atom is 0.573 e. The molecule has 0 aromatic heterocycles. The Kier molecular flexibility index (Phi) is 13.9. The van der Waals surface area contributed by atoms with Crippen molar-refractivity contribution >= 4 is 23.8 Å². The smallest absolute Gasteiger partial charge is 0.478 e. The number of carbonyl (C=O) groups is 4. The SMILES string of the molecule is CC(C)[C@@H](Oc1ccc(CNC(=O)[C@@H]2CCCN2C(=O)CC(N)Cc2cccc(OC(F)(F)F)c2)cc1)C(=O)O.O=C(O)C(F)(F)F. The normalized spacial score (nSPS) is 16.0. The number of alkyl halides is 6. The summed E-state index contributed by atoms with van der Waals surface area (Å²) < 4.78 is 78.7. The molecule has 0 radical (unpaired) electrons. The van der Waals surface area contributed by atoms with Crippen molar-refractivity contribution in [3.8, 4) is 11.5 Å². The topological polar surface area (TPSA) is 168 Å². The molecule has 0 saturated carbocycles. The zero-order chi connectivity index (χ0) is 35.5. The van der Waals surface area contributed by atoms with Gasteiger partial charge in [0.05, 0.1) is 0 Å². The van der Waals surface area contributed by atoms with Crippen LogP contribution < -0.4 is 20.5 Å². The number of carbonyl (C=O) groups excluding carboxylic acids is 2. The zero-order valence-corrected chi connectivity index (χ0v) is 25.3. The van der Waals surface area contributed by atoms with E-state index in [9.17, 15) is 45.8 Å². The Morgan fingerprint density at radius 2 is 1.60 bits per heavy atom. The van der Waals surface area contributed by atoms with Crippen LogP contribution in [0.1, 0.15) is 44.2 Å². The maximum absolute atomic E-state index is 12.9. The van der Waals surface area contributed by atoms with Crippen LogP contribution in [0, 0.1) is 5.92 Å². The average molecular weight is 680 g/mol. The summed E-state index contributed by atoms with van der Waals surface area (Å²) >= 11 is 0. The van der Waals surface area contributed by atoms with Crippen LogP contribution in [-0.4, -0.2) is 76.1 Å². The van der Waals surface area contributed by atoms with Crippen LogP contribution >= 0.6 is 0 Å². The standard InChI is InChI=1S/C28H34F3N3O6.C2HF3O2/c1-17(2)25(27(37)38)39-21-10-8-18(9-11-21)16-33-26(36)23-7-4-12-34(23)24(35)15-20(32)13-19-5-3-6-22(14-19)40-28(29,30)31;3-2(4,5)1(6)7/h3,5-6,8-11,14,17,20,23,25H,4,7,12-13,15-16,32H2,1-2H3,(H,33,36)(H,37,38);(H,6,7)/t20?,23-,25+;/m0./s1. The number of rotatable bonds is 12. The highest BCUT2D eigenvalue weighted by Crippen LogP contribution is 2.25. The summed E-state index contributed by atoms with van der Waals surface area (Å²) in [6, 6.07) is 10.9. The second kappa shape index (κ2) is 16.9. The molecule has 1 saturated heterocycles. The number of nitrogens with two attached hydrogens (primary N) is 1. The Labute approximate surface area is 265 Å². The fraction of sp³-hybridized carbons (Fsp3) is 0.467. The van der Waals surface area contributed by atoms with E-state index in [-0.39, 0.29) is 42.9 Å². The third kappa shape index (κ3) is 13.4. The van der Waals surface area contributed by atoms with Crippen molar-refractivity contribution < 1.29 is 65.2 Å². The molecule has 47 heavy (non-hydrogen) atoms. The lowest BCUT2D eigenvalue weighted by atomic mass is 10.0. The van der Waals surface area contributed by atoms with E-state index in [2.05, 4.69) is 10.1 Å². The van der Waals surface area contributed by atoms with Crippen molar-refractivity contribution in [2.45, 2.75) is 76.8 Å². The lowest BCUT2D eigenvalue weighted by Crippen LogP contribution is -2.47. The number of carboxylic acid groups (broad SMARTS) is 2. The average Bonchev–Trinajstić information content (AvgIpc) is 3.44. The fourth-order valence-corrected chi connectivity index (χ4v) is 4.53. The third-order valence-electron chi connectivity index (χ3n) is 6.69. The van der Waals surface area contributed by atoms with Gasteiger partial charge in [0, 0.05) is 31.5 Å². The molecule has 2 aromatic rings. The summed E-state index contributed by atoms with van der Waals surface area (Å²) in [6.45, 7) is 4.12. The van der Waals surface area contributed by atoms with Gasteiger partial charge in [-0.15, -0.1) is 13.2 Å². The first-order valence-corrected chi connectivity index (χ1v) is 14.2. The molecule has 17 heteroatoms. The minimum atomic E-state index is -5.08. The van der Waals surface area contributed by atoms with Gasteiger partial charge in [0.25, 0.3) is 0 Å². The van der Waals surface area contributed by atoms with Gasteiger partial charge in [-0.1, -0.05) is 38.1 Å². The molecule has 1 aliphatic heterocycles. The Morgan fingerprint density at radius 1 is 0.979 bits per heavy atom. The minimum absolute atomic E-state index is 0.0662. The predicted molar refractivity (Wildman–Crippen MR) is 153 cm³/mol. The molecule has 0 spiro atoms. The van der Waals surface area contributed by atoms with Crippen molar-refractivity contribution in [1.82, 2.24) is 10.2 Å². The Hall–Kier alpha value is -4.54. The first-order chi connectivity index (χ1) is 21.8. The second-order valence-electron chi connectivity index (χ2n) is 10.9. The number of amides is 2. The molecule has 3 rings (SSSR count). The van der Waals surface area contributed by atoms with Crippen LogP contribution in [0.25, 0.3) is 0 Å². The maximum atomic E-state index is 12.9. The Morgan fingerprint density at radius 3 is 2.13 bits per heavy atom. The number of ether oxygens (including phenoxy) is 2. The largest absolute Gasteiger partial charge is 0.573 e. The van der Waals surface area contributed by atoms with E-state index < -0.39 is 42.7 Å². The molecule has 260 valence electrons. The lowest BCUT2D eigenvalue weighted by Gasteiger charge is -2.25. The van der Waals surface area contributed by atoms with Crippen LogP contribution in [0.3, 0.4) is 0 Å². The fourth-order valence-electron chi connectivity index (χ4n) is 4.53. The van der Waals surface area contributed by atoms with Gasteiger partial charge >= 0.3 is 24.5 Å². The van der Waals surface area contributed by atoms with E-state index in [0.717, 1.165) is 5.56 Å². The van der Waals surface area contributed by atoms with Gasteiger partial charge in [-0.2, -0.15) is 13.2 Å². The van der Waals surface area contributed by atoms with Crippen LogP contribution in [0.15, 0.2) is 48.5 Å². The summed E-state index contributed by atoms with van der Waals surface area (Å²) in [6.07, 6.45) is -9.61. The highest BCUT2D eigenvalue weighted by molar-refractivity contribution is 5.88. The van der Waals surface area contributed by atoms with Crippen LogP contribution in [0.4, 0.5) is 26.3 Å². The van der Waals surface area contributed by atoms with Gasteiger partial charge in [0.1, 0.15) is 17.5 Å². The number of benzene rings is 2. The van der Waals surface area contributed by atoms with E-state index in [1.807, 2.05) is 0 Å². The number of carboxylic acids is 2. The molecule has 0 aliphatic carbocycles. The number of hydrogen-bond donors (Lipinski definition) is 4. The predicted octanol–water partition coefficient (Wildman–Crippen LogP) is 4.27. The highest BCUT2D eigenvalue weighted by Gasteiger charge is 2.38. The molecular weight excluding hydrogens is 644 g/mol. The third-order valence-corrected chi connectivity index (χ3v) is 6.69. The van der Waals surface area contributed by atoms with Gasteiger partial charge in [-0.05, 0) is 54.7 Å². The van der Waals surface area contributed by atoms with Crippen molar-refractivity contribution in [3.05, 3.63) is 59.7 Å². The summed E-state index contributed by atoms with van der Waals surface area (Å²) in [5, 5.41) is 19.2. The second-order valence-corrected chi connectivity index (χ2v) is 10.9. The molecule has 1 unspecified atom stereocenters. The quantitative estimate of drug-likeness (QED) is 0.240. The van der Waals surface area contributed by atoms with Crippen molar-refractivity contribution in [1.29, 1.82) is 0 Å². The Balaban J connectivity index is 0.000000984. The van der Waals surface area contributed by atoms with Crippen molar-refractivity contribution in [3.63, 3.8) is 0 Å². The molecule has 2 aromatic carbocycles. The number of aliphatic carboxylic acids is 2. The zero-order valence-electron chi connectivity index (χ0n) is 25.3. The number of nitrogens with zero attached hydrogens (tertiary/aromatic N) is 1. The molecule has 3 atom stereocenters. The molecular formula is C30H35F6N3O8. The molecule has 1 aliphatic rings. The molecule has 0 bridgehead atoms. The minimum Gasteiger partial charge on any atom is -0.478 e. The summed E-state index contributed by atoms with van der Waals surface area (Å²) in [7, 11) is 0. The van der Waals surface area contributed by atoms with Gasteiger partial charge in [-0.3, -0.25) is 9.59 Å². The first-order valence-electron chi connectivity index (χ1n) is 14.2. The first kappa shape index (κ1) is 38.6. The van der Waals surface area contributed by atoms with E-state index >= 15 is 0 Å². The molecule has 5 N–H and O–H groups in total. The van der Waals surface area contributed by atoms with Gasteiger partial charge in [0.15, 0.2) is 6.10 Å². The van der Waals surface area contributed by atoms with Crippen LogP contribution in [0.2, 0.25) is 0 Å². The number of nitrogens with one attached hydrogen (secondary N) is 1. The molecule has 1 fully saturated rings. The van der Waals surface area contributed by atoms with Gasteiger partial charge < -0.3 is 35.6 Å². The van der Waals surface area contributed by atoms with E-state index in [1.54, 1.807) is 44.2 Å². The van der Waals surface area contributed by atoms with Crippen molar-refractivity contribution in [2.24, 2.45) is 11.7 Å². The molecule has 2 amide bonds. The number of hydrogen-bond acceptors (Lipinski definition) is 7. The number of likely N-dealkylation sites (tertiary alicyclic amines) is 1. The van der Waals surface area contributed by atoms with E-state index in [1.165, 1.54) is 23.1 Å². The lowest BCUT2D eigenvalue weighted by molar-refractivity contribution is -0.274. The molecule has 11 nitrogen and oxygen atoms in total. The summed E-state index contributed by atoms with van der Waals surface area (Å²) in [5.74, 6) is -4.58. The van der Waals surface area contributed by atoms with Gasteiger partial charge in [-0.25, -0.2) is 9.59 Å². The van der Waals surface area contributed by atoms with E-state index in [4.69, 9.17) is 20.4 Å². The molecule has 1 heterocycles.